The van der Waals surface area contributed by atoms with Gasteiger partial charge in [-0.1, -0.05) is 103 Å². The highest BCUT2D eigenvalue weighted by atomic mass is 35.5. The van der Waals surface area contributed by atoms with Gasteiger partial charge < -0.3 is 9.88 Å². The fraction of sp³-hybridized carbons (Fsp3) is 0. The Bertz CT molecular complexity index is 1940. The van der Waals surface area contributed by atoms with Crippen LogP contribution in [0.4, 0.5) is 11.4 Å². The Morgan fingerprint density at radius 2 is 1.18 bits per heavy atom. The third-order valence-electron chi connectivity index (χ3n) is 7.26. The fourth-order valence-electron chi connectivity index (χ4n) is 5.44. The molecule has 0 radical (unpaired) electrons. The Labute approximate surface area is 232 Å². The third-order valence-corrected chi connectivity index (χ3v) is 7.58. The summed E-state index contributed by atoms with van der Waals surface area (Å²) in [6.45, 7) is 0. The summed E-state index contributed by atoms with van der Waals surface area (Å²) in [7, 11) is 0. The lowest BCUT2D eigenvalue weighted by Gasteiger charge is -2.15. The SMILES string of the molecule is Clc1ccccc1Nc1ccc(-c2ccc3c(c2)c2ccccc2n3-c2ccccc2)c(-c2ccccc2)c1. The third kappa shape index (κ3) is 4.25. The molecule has 39 heavy (non-hydrogen) atoms. The van der Waals surface area contributed by atoms with Gasteiger partial charge in [0, 0.05) is 22.1 Å². The minimum atomic E-state index is 0.697. The maximum Gasteiger partial charge on any atom is 0.0640 e. The maximum atomic E-state index is 6.44. The number of hydrogen-bond donors (Lipinski definition) is 1. The maximum absolute atomic E-state index is 6.44. The molecule has 1 heterocycles. The van der Waals surface area contributed by atoms with Gasteiger partial charge in [0.15, 0.2) is 0 Å². The van der Waals surface area contributed by atoms with Crippen molar-refractivity contribution < 1.29 is 0 Å². The van der Waals surface area contributed by atoms with E-state index in [0.29, 0.717) is 5.02 Å². The van der Waals surface area contributed by atoms with E-state index < -0.39 is 0 Å². The standard InChI is InChI=1S/C36H25ClN2/c37-33-16-8-9-17-34(33)38-27-20-21-29(31(24-27)25-11-3-1-4-12-25)26-19-22-36-32(23-26)30-15-7-10-18-35(30)39(36)28-13-5-2-6-14-28/h1-24,38H. The Morgan fingerprint density at radius 3 is 2.00 bits per heavy atom. The number of hydrogen-bond acceptors (Lipinski definition) is 1. The molecule has 0 aliphatic carbocycles. The molecule has 0 unspecified atom stereocenters. The summed E-state index contributed by atoms with van der Waals surface area (Å²) in [4.78, 5) is 0. The summed E-state index contributed by atoms with van der Waals surface area (Å²) in [5.74, 6) is 0. The van der Waals surface area contributed by atoms with Gasteiger partial charge in [0.2, 0.25) is 0 Å². The van der Waals surface area contributed by atoms with Crippen molar-refractivity contribution in [3.8, 4) is 27.9 Å². The van der Waals surface area contributed by atoms with Gasteiger partial charge in [-0.2, -0.15) is 0 Å². The molecule has 0 bridgehead atoms. The van der Waals surface area contributed by atoms with Crippen molar-refractivity contribution in [1.29, 1.82) is 0 Å². The molecular weight excluding hydrogens is 496 g/mol. The van der Waals surface area contributed by atoms with E-state index in [1.165, 1.54) is 44.1 Å². The average molecular weight is 521 g/mol. The number of aromatic nitrogens is 1. The molecule has 1 N–H and O–H groups in total. The number of nitrogens with zero attached hydrogens (tertiary/aromatic N) is 1. The molecule has 0 saturated heterocycles. The zero-order valence-electron chi connectivity index (χ0n) is 21.2. The van der Waals surface area contributed by atoms with Crippen LogP contribution >= 0.6 is 11.6 Å². The van der Waals surface area contributed by atoms with Gasteiger partial charge in [-0.05, 0) is 76.9 Å². The van der Waals surface area contributed by atoms with Crippen molar-refractivity contribution in [3.05, 3.63) is 151 Å². The van der Waals surface area contributed by atoms with Gasteiger partial charge in [0.25, 0.3) is 0 Å². The second-order valence-electron chi connectivity index (χ2n) is 9.65. The average Bonchev–Trinajstić information content (AvgIpc) is 3.33. The first-order valence-corrected chi connectivity index (χ1v) is 13.4. The molecule has 0 aliphatic heterocycles. The number of halogens is 1. The summed E-state index contributed by atoms with van der Waals surface area (Å²) < 4.78 is 2.35. The minimum Gasteiger partial charge on any atom is -0.354 e. The lowest BCUT2D eigenvalue weighted by atomic mass is 9.93. The predicted octanol–water partition coefficient (Wildman–Crippen LogP) is 10.5. The second-order valence-corrected chi connectivity index (χ2v) is 10.1. The number of anilines is 2. The van der Waals surface area contributed by atoms with E-state index >= 15 is 0 Å². The van der Waals surface area contributed by atoms with Gasteiger partial charge in [-0.15, -0.1) is 0 Å². The fourth-order valence-corrected chi connectivity index (χ4v) is 5.63. The molecule has 0 fully saturated rings. The molecule has 0 spiro atoms. The van der Waals surface area contributed by atoms with Crippen LogP contribution in [0.2, 0.25) is 5.02 Å². The molecule has 0 aliphatic rings. The summed E-state index contributed by atoms with van der Waals surface area (Å²) in [6, 6.07) is 51.0. The number of benzene rings is 6. The number of para-hydroxylation sites is 3. The summed E-state index contributed by atoms with van der Waals surface area (Å²) in [5.41, 5.74) is 10.2. The van der Waals surface area contributed by atoms with Crippen LogP contribution in [-0.4, -0.2) is 4.57 Å². The van der Waals surface area contributed by atoms with Crippen LogP contribution in [0.25, 0.3) is 49.7 Å². The van der Waals surface area contributed by atoms with E-state index in [1.54, 1.807) is 0 Å². The van der Waals surface area contributed by atoms with Crippen molar-refractivity contribution in [2.24, 2.45) is 0 Å². The molecule has 6 aromatic carbocycles. The quantitative estimate of drug-likeness (QED) is 0.239. The van der Waals surface area contributed by atoms with E-state index in [9.17, 15) is 0 Å². The highest BCUT2D eigenvalue weighted by Gasteiger charge is 2.15. The topological polar surface area (TPSA) is 17.0 Å². The largest absolute Gasteiger partial charge is 0.354 e. The smallest absolute Gasteiger partial charge is 0.0640 e. The highest BCUT2D eigenvalue weighted by Crippen LogP contribution is 2.39. The zero-order valence-corrected chi connectivity index (χ0v) is 21.9. The normalized spacial score (nSPS) is 11.2. The zero-order chi connectivity index (χ0) is 26.2. The monoisotopic (exact) mass is 520 g/mol. The van der Waals surface area contributed by atoms with Crippen molar-refractivity contribution in [2.45, 2.75) is 0 Å². The first-order chi connectivity index (χ1) is 19.3. The van der Waals surface area contributed by atoms with Crippen LogP contribution in [-0.2, 0) is 0 Å². The molecule has 1 aromatic heterocycles. The van der Waals surface area contributed by atoms with Crippen LogP contribution in [0.3, 0.4) is 0 Å². The van der Waals surface area contributed by atoms with Crippen LogP contribution in [0, 0.1) is 0 Å². The molecule has 186 valence electrons. The van der Waals surface area contributed by atoms with E-state index in [4.69, 9.17) is 11.6 Å². The van der Waals surface area contributed by atoms with E-state index in [2.05, 4.69) is 131 Å². The Balaban J connectivity index is 1.41. The summed E-state index contributed by atoms with van der Waals surface area (Å²) >= 11 is 6.44. The lowest BCUT2D eigenvalue weighted by Crippen LogP contribution is -1.94. The molecule has 2 nitrogen and oxygen atoms in total. The minimum absolute atomic E-state index is 0.697. The first kappa shape index (κ1) is 23.3. The highest BCUT2D eigenvalue weighted by molar-refractivity contribution is 6.33. The molecule has 3 heteroatoms. The van der Waals surface area contributed by atoms with Crippen molar-refractivity contribution in [3.63, 3.8) is 0 Å². The van der Waals surface area contributed by atoms with E-state index in [1.807, 2.05) is 24.3 Å². The van der Waals surface area contributed by atoms with Crippen molar-refractivity contribution >= 4 is 44.8 Å². The van der Waals surface area contributed by atoms with Crippen LogP contribution in [0.1, 0.15) is 0 Å². The van der Waals surface area contributed by atoms with E-state index in [-0.39, 0.29) is 0 Å². The number of fused-ring (bicyclic) bond motifs is 3. The molecular formula is C36H25ClN2. The van der Waals surface area contributed by atoms with Crippen LogP contribution in [0.15, 0.2) is 146 Å². The molecule has 7 aromatic rings. The molecule has 7 rings (SSSR count). The Morgan fingerprint density at radius 1 is 0.487 bits per heavy atom. The van der Waals surface area contributed by atoms with Gasteiger partial charge in [-0.3, -0.25) is 0 Å². The molecule has 0 saturated carbocycles. The summed E-state index contributed by atoms with van der Waals surface area (Å²) in [5, 5.41) is 6.69. The first-order valence-electron chi connectivity index (χ1n) is 13.1. The predicted molar refractivity (Wildman–Crippen MR) is 166 cm³/mol. The Kier molecular flexibility index (Phi) is 5.88. The second kappa shape index (κ2) is 9.83. The van der Waals surface area contributed by atoms with Gasteiger partial charge >= 0.3 is 0 Å². The number of rotatable bonds is 5. The van der Waals surface area contributed by atoms with Crippen LogP contribution in [0.5, 0.6) is 0 Å². The Hall–Kier alpha value is -4.79. The molecule has 0 atom stereocenters. The molecule has 0 amide bonds. The van der Waals surface area contributed by atoms with Crippen molar-refractivity contribution in [1.82, 2.24) is 4.57 Å². The van der Waals surface area contributed by atoms with Crippen LogP contribution < -0.4 is 5.32 Å². The van der Waals surface area contributed by atoms with Gasteiger partial charge in [0.1, 0.15) is 0 Å². The van der Waals surface area contributed by atoms with Gasteiger partial charge in [0.05, 0.1) is 21.7 Å². The van der Waals surface area contributed by atoms with Crippen molar-refractivity contribution in [2.75, 3.05) is 5.32 Å². The summed E-state index contributed by atoms with van der Waals surface area (Å²) in [6.07, 6.45) is 0. The number of nitrogens with one attached hydrogen (secondary N) is 1. The van der Waals surface area contributed by atoms with E-state index in [0.717, 1.165) is 17.1 Å². The lowest BCUT2D eigenvalue weighted by molar-refractivity contribution is 1.18. The van der Waals surface area contributed by atoms with Gasteiger partial charge in [-0.25, -0.2) is 0 Å².